The molecule has 3 amide bonds. The van der Waals surface area contributed by atoms with E-state index < -0.39 is 0 Å². The number of para-hydroxylation sites is 1. The van der Waals surface area contributed by atoms with Gasteiger partial charge in [-0.15, -0.1) is 0 Å². The molecule has 0 atom stereocenters. The Balaban J connectivity index is 1.46. The van der Waals surface area contributed by atoms with Gasteiger partial charge in [0.2, 0.25) is 11.8 Å². The summed E-state index contributed by atoms with van der Waals surface area (Å²) in [5.41, 5.74) is 1.47. The Kier molecular flexibility index (Phi) is 6.87. The van der Waals surface area contributed by atoms with Crippen LogP contribution in [0.1, 0.15) is 12.8 Å². The van der Waals surface area contributed by atoms with Crippen LogP contribution in [0, 0.1) is 0 Å². The first kappa shape index (κ1) is 20.9. The van der Waals surface area contributed by atoms with Crippen molar-refractivity contribution in [3.63, 3.8) is 0 Å². The zero-order valence-electron chi connectivity index (χ0n) is 16.1. The molecule has 1 fully saturated rings. The smallest absolute Gasteiger partial charge is 0.260 e. The average Bonchev–Trinajstić information content (AvgIpc) is 3.14. The van der Waals surface area contributed by atoms with Crippen LogP contribution in [0.2, 0.25) is 0 Å². The molecule has 0 aromatic heterocycles. The average molecular weight is 460 g/mol. The molecule has 29 heavy (non-hydrogen) atoms. The Bertz CT molecular complexity index is 901. The summed E-state index contributed by atoms with van der Waals surface area (Å²) in [6, 6.07) is 14.3. The van der Waals surface area contributed by atoms with Crippen LogP contribution in [0.5, 0.6) is 5.75 Å². The van der Waals surface area contributed by atoms with Crippen LogP contribution in [0.3, 0.4) is 0 Å². The summed E-state index contributed by atoms with van der Waals surface area (Å²) >= 11 is 3.36. The van der Waals surface area contributed by atoms with Crippen molar-refractivity contribution < 1.29 is 19.1 Å². The highest BCUT2D eigenvalue weighted by Gasteiger charge is 2.21. The first-order chi connectivity index (χ1) is 13.9. The van der Waals surface area contributed by atoms with Gasteiger partial charge in [0, 0.05) is 30.2 Å². The molecule has 1 heterocycles. The lowest BCUT2D eigenvalue weighted by molar-refractivity contribution is -0.135. The van der Waals surface area contributed by atoms with Gasteiger partial charge < -0.3 is 19.9 Å². The molecule has 0 spiro atoms. The number of halogens is 1. The van der Waals surface area contributed by atoms with Gasteiger partial charge in [-0.1, -0.05) is 12.1 Å². The van der Waals surface area contributed by atoms with Crippen molar-refractivity contribution in [2.24, 2.45) is 0 Å². The van der Waals surface area contributed by atoms with Crippen LogP contribution in [0.25, 0.3) is 0 Å². The molecule has 1 N–H and O–H groups in total. The number of ether oxygens (including phenoxy) is 1. The Hall–Kier alpha value is -2.87. The Labute approximate surface area is 177 Å². The third-order valence-electron chi connectivity index (χ3n) is 4.54. The topological polar surface area (TPSA) is 79.0 Å². The van der Waals surface area contributed by atoms with Gasteiger partial charge in [0.25, 0.3) is 5.91 Å². The lowest BCUT2D eigenvalue weighted by Gasteiger charge is -2.18. The highest BCUT2D eigenvalue weighted by molar-refractivity contribution is 9.10. The normalized spacial score (nSPS) is 13.3. The molecule has 2 aromatic rings. The Morgan fingerprint density at radius 2 is 1.90 bits per heavy atom. The highest BCUT2D eigenvalue weighted by atomic mass is 79.9. The van der Waals surface area contributed by atoms with Crippen molar-refractivity contribution in [2.75, 3.05) is 37.0 Å². The van der Waals surface area contributed by atoms with Crippen LogP contribution < -0.4 is 15.0 Å². The van der Waals surface area contributed by atoms with Gasteiger partial charge >= 0.3 is 0 Å². The second-order valence-electron chi connectivity index (χ2n) is 6.71. The number of hydrogen-bond donors (Lipinski definition) is 1. The van der Waals surface area contributed by atoms with Crippen molar-refractivity contribution in [1.82, 2.24) is 4.90 Å². The van der Waals surface area contributed by atoms with Gasteiger partial charge in [0.1, 0.15) is 5.75 Å². The number of benzene rings is 2. The molecule has 1 aliphatic rings. The SMILES string of the molecule is CN(CC(=O)Nc1ccccc1Br)C(=O)COc1ccc(N2CCCC2=O)cc1. The summed E-state index contributed by atoms with van der Waals surface area (Å²) in [5.74, 6) is 0.0366. The minimum atomic E-state index is -0.314. The maximum Gasteiger partial charge on any atom is 0.260 e. The van der Waals surface area contributed by atoms with Crippen LogP contribution in [0.4, 0.5) is 11.4 Å². The van der Waals surface area contributed by atoms with Gasteiger partial charge in [-0.25, -0.2) is 0 Å². The first-order valence-corrected chi connectivity index (χ1v) is 10.0. The van der Waals surface area contributed by atoms with Gasteiger partial charge in [-0.05, 0) is 58.7 Å². The Morgan fingerprint density at radius 3 is 2.55 bits per heavy atom. The standard InChI is InChI=1S/C21H22BrN3O4/c1-24(13-19(26)23-18-6-3-2-5-17(18)22)21(28)14-29-16-10-8-15(9-11-16)25-12-4-7-20(25)27/h2-3,5-6,8-11H,4,7,12-14H2,1H3,(H,23,26). The second-order valence-corrected chi connectivity index (χ2v) is 7.56. The predicted octanol–water partition coefficient (Wildman–Crippen LogP) is 3.05. The number of likely N-dealkylation sites (N-methyl/N-ethyl adjacent to an activating group) is 1. The minimum absolute atomic E-state index is 0.0838. The van der Waals surface area contributed by atoms with Crippen molar-refractivity contribution in [1.29, 1.82) is 0 Å². The van der Waals surface area contributed by atoms with Gasteiger partial charge in [-0.2, -0.15) is 0 Å². The van der Waals surface area contributed by atoms with E-state index in [0.717, 1.165) is 23.1 Å². The summed E-state index contributed by atoms with van der Waals surface area (Å²) in [4.78, 5) is 39.2. The maximum atomic E-state index is 12.2. The van der Waals surface area contributed by atoms with E-state index in [1.807, 2.05) is 18.2 Å². The van der Waals surface area contributed by atoms with Crippen LogP contribution in [0.15, 0.2) is 53.0 Å². The second kappa shape index (κ2) is 9.56. The number of nitrogens with one attached hydrogen (secondary N) is 1. The predicted molar refractivity (Wildman–Crippen MR) is 114 cm³/mol. The number of nitrogens with zero attached hydrogens (tertiary/aromatic N) is 2. The fourth-order valence-corrected chi connectivity index (χ4v) is 3.34. The summed E-state index contributed by atoms with van der Waals surface area (Å²) < 4.78 is 6.29. The lowest BCUT2D eigenvalue weighted by atomic mass is 10.3. The van der Waals surface area contributed by atoms with E-state index in [9.17, 15) is 14.4 Å². The van der Waals surface area contributed by atoms with E-state index in [-0.39, 0.29) is 30.9 Å². The fraction of sp³-hybridized carbons (Fsp3) is 0.286. The summed E-state index contributed by atoms with van der Waals surface area (Å²) in [7, 11) is 1.55. The molecule has 0 saturated carbocycles. The van der Waals surface area contributed by atoms with Crippen molar-refractivity contribution in [3.8, 4) is 5.75 Å². The number of rotatable bonds is 7. The van der Waals surface area contributed by atoms with Crippen molar-refractivity contribution in [3.05, 3.63) is 53.0 Å². The van der Waals surface area contributed by atoms with E-state index in [4.69, 9.17) is 4.74 Å². The summed E-state index contributed by atoms with van der Waals surface area (Å²) in [5, 5.41) is 2.75. The van der Waals surface area contributed by atoms with E-state index in [2.05, 4.69) is 21.2 Å². The molecule has 0 bridgehead atoms. The fourth-order valence-electron chi connectivity index (χ4n) is 2.95. The maximum absolute atomic E-state index is 12.2. The minimum Gasteiger partial charge on any atom is -0.484 e. The third-order valence-corrected chi connectivity index (χ3v) is 5.23. The van der Waals surface area contributed by atoms with E-state index in [0.29, 0.717) is 17.9 Å². The molecule has 3 rings (SSSR count). The first-order valence-electron chi connectivity index (χ1n) is 9.25. The van der Waals surface area contributed by atoms with Crippen molar-refractivity contribution >= 4 is 45.0 Å². The molecule has 1 saturated heterocycles. The molecule has 0 unspecified atom stereocenters. The largest absolute Gasteiger partial charge is 0.484 e. The van der Waals surface area contributed by atoms with Gasteiger partial charge in [-0.3, -0.25) is 14.4 Å². The molecule has 2 aromatic carbocycles. The number of carbonyl (C=O) groups excluding carboxylic acids is 3. The number of amides is 3. The third kappa shape index (κ3) is 5.57. The molecular weight excluding hydrogens is 438 g/mol. The van der Waals surface area contributed by atoms with E-state index in [1.165, 1.54) is 4.90 Å². The van der Waals surface area contributed by atoms with Crippen LogP contribution in [-0.4, -0.2) is 49.4 Å². The Morgan fingerprint density at radius 1 is 1.17 bits per heavy atom. The number of carbonyl (C=O) groups is 3. The van der Waals surface area contributed by atoms with E-state index in [1.54, 1.807) is 42.3 Å². The van der Waals surface area contributed by atoms with Crippen molar-refractivity contribution in [2.45, 2.75) is 12.8 Å². The summed E-state index contributed by atoms with van der Waals surface area (Å²) in [6.45, 7) is 0.463. The van der Waals surface area contributed by atoms with Gasteiger partial charge in [0.05, 0.1) is 12.2 Å². The van der Waals surface area contributed by atoms with Crippen LogP contribution in [-0.2, 0) is 14.4 Å². The van der Waals surface area contributed by atoms with Gasteiger partial charge in [0.15, 0.2) is 6.61 Å². The molecule has 0 aliphatic carbocycles. The molecule has 8 heteroatoms. The zero-order valence-corrected chi connectivity index (χ0v) is 17.6. The number of hydrogen-bond acceptors (Lipinski definition) is 4. The van der Waals surface area contributed by atoms with E-state index >= 15 is 0 Å². The highest BCUT2D eigenvalue weighted by Crippen LogP contribution is 2.24. The van der Waals surface area contributed by atoms with Crippen LogP contribution >= 0.6 is 15.9 Å². The zero-order chi connectivity index (χ0) is 20.8. The number of anilines is 2. The molecule has 7 nitrogen and oxygen atoms in total. The summed E-state index contributed by atoms with van der Waals surface area (Å²) in [6.07, 6.45) is 1.45. The molecule has 152 valence electrons. The molecule has 0 radical (unpaired) electrons. The molecule has 1 aliphatic heterocycles. The molecular formula is C21H22BrN3O4. The lowest BCUT2D eigenvalue weighted by Crippen LogP contribution is -2.37. The monoisotopic (exact) mass is 459 g/mol. The quantitative estimate of drug-likeness (QED) is 0.689.